The van der Waals surface area contributed by atoms with Crippen LogP contribution in [0.3, 0.4) is 0 Å². The lowest BCUT2D eigenvalue weighted by Crippen LogP contribution is -2.31. The lowest BCUT2D eigenvalue weighted by molar-refractivity contribution is -0.117. The van der Waals surface area contributed by atoms with Crippen molar-refractivity contribution in [2.45, 2.75) is 39.0 Å². The Labute approximate surface area is 182 Å². The Bertz CT molecular complexity index is 1030. The molecule has 0 fully saturated rings. The highest BCUT2D eigenvalue weighted by Crippen LogP contribution is 2.23. The number of likely N-dealkylation sites (N-methyl/N-ethyl adjacent to an activating group) is 1. The molecule has 0 aliphatic heterocycles. The molecule has 2 N–H and O–H groups in total. The van der Waals surface area contributed by atoms with E-state index in [2.05, 4.69) is 41.4 Å². The summed E-state index contributed by atoms with van der Waals surface area (Å²) in [5.41, 5.74) is 3.34. The molecule has 0 aliphatic rings. The zero-order chi connectivity index (χ0) is 22.6. The standard InChI is InChI=1S/C23H31FN6O/c1-23(2,3)20-14-21(30(5)28-20)25-22(31)15-29(4)11-7-10-18-13-19(27-26-18)16-8-6-9-17(24)12-16/h6,8-9,12-14H,7,10-11,15H2,1-5H3,(H,25,31)(H,26,27). The van der Waals surface area contributed by atoms with Gasteiger partial charge in [0.2, 0.25) is 5.91 Å². The van der Waals surface area contributed by atoms with Crippen molar-refractivity contribution in [1.29, 1.82) is 0 Å². The van der Waals surface area contributed by atoms with Gasteiger partial charge in [-0.05, 0) is 44.6 Å². The summed E-state index contributed by atoms with van der Waals surface area (Å²) >= 11 is 0. The first-order chi connectivity index (χ1) is 14.6. The average molecular weight is 427 g/mol. The van der Waals surface area contributed by atoms with E-state index in [0.29, 0.717) is 12.4 Å². The normalized spacial score (nSPS) is 11.8. The van der Waals surface area contributed by atoms with Crippen LogP contribution in [0.25, 0.3) is 11.3 Å². The molecule has 8 heteroatoms. The third-order valence-corrected chi connectivity index (χ3v) is 5.07. The van der Waals surface area contributed by atoms with Gasteiger partial charge in [-0.2, -0.15) is 10.2 Å². The van der Waals surface area contributed by atoms with Gasteiger partial charge < -0.3 is 5.32 Å². The van der Waals surface area contributed by atoms with Crippen molar-refractivity contribution < 1.29 is 9.18 Å². The van der Waals surface area contributed by atoms with Gasteiger partial charge in [0.05, 0.1) is 17.9 Å². The Morgan fingerprint density at radius 2 is 2.03 bits per heavy atom. The van der Waals surface area contributed by atoms with Crippen molar-refractivity contribution in [3.8, 4) is 11.3 Å². The number of hydrogen-bond acceptors (Lipinski definition) is 4. The molecule has 0 bridgehead atoms. The van der Waals surface area contributed by atoms with Crippen LogP contribution in [-0.4, -0.2) is 50.9 Å². The van der Waals surface area contributed by atoms with E-state index >= 15 is 0 Å². The minimum atomic E-state index is -0.275. The number of amides is 1. The molecule has 0 unspecified atom stereocenters. The number of carbonyl (C=O) groups excluding carboxylic acids is 1. The van der Waals surface area contributed by atoms with Gasteiger partial charge in [-0.15, -0.1) is 0 Å². The summed E-state index contributed by atoms with van der Waals surface area (Å²) in [4.78, 5) is 14.4. The molecular weight excluding hydrogens is 395 g/mol. The number of H-pyrrole nitrogens is 1. The fraction of sp³-hybridized carbons (Fsp3) is 0.435. The predicted molar refractivity (Wildman–Crippen MR) is 120 cm³/mol. The number of benzene rings is 1. The second-order valence-corrected chi connectivity index (χ2v) is 8.97. The topological polar surface area (TPSA) is 78.8 Å². The predicted octanol–water partition coefficient (Wildman–Crippen LogP) is 3.75. The van der Waals surface area contributed by atoms with Gasteiger partial charge in [0.1, 0.15) is 11.6 Å². The van der Waals surface area contributed by atoms with E-state index in [9.17, 15) is 9.18 Å². The first-order valence-corrected chi connectivity index (χ1v) is 10.4. The first kappa shape index (κ1) is 22.7. The fourth-order valence-electron chi connectivity index (χ4n) is 3.28. The molecule has 166 valence electrons. The summed E-state index contributed by atoms with van der Waals surface area (Å²) in [6, 6.07) is 10.3. The zero-order valence-electron chi connectivity index (χ0n) is 18.9. The molecule has 2 heterocycles. The molecular formula is C23H31FN6O. The lowest BCUT2D eigenvalue weighted by Gasteiger charge is -2.16. The zero-order valence-corrected chi connectivity index (χ0v) is 18.9. The van der Waals surface area contributed by atoms with Gasteiger partial charge in [-0.25, -0.2) is 4.39 Å². The second-order valence-electron chi connectivity index (χ2n) is 8.97. The first-order valence-electron chi connectivity index (χ1n) is 10.4. The number of hydrogen-bond donors (Lipinski definition) is 2. The molecule has 7 nitrogen and oxygen atoms in total. The summed E-state index contributed by atoms with van der Waals surface area (Å²) in [5.74, 6) is 0.356. The van der Waals surface area contributed by atoms with Crippen molar-refractivity contribution in [1.82, 2.24) is 24.9 Å². The molecule has 0 aliphatic carbocycles. The molecule has 2 aromatic heterocycles. The van der Waals surface area contributed by atoms with Crippen molar-refractivity contribution >= 4 is 11.7 Å². The van der Waals surface area contributed by atoms with Gasteiger partial charge >= 0.3 is 0 Å². The summed E-state index contributed by atoms with van der Waals surface area (Å²) < 4.78 is 15.1. The average Bonchev–Trinajstić information content (AvgIpc) is 3.29. The van der Waals surface area contributed by atoms with E-state index in [1.165, 1.54) is 12.1 Å². The molecule has 1 aromatic carbocycles. The maximum absolute atomic E-state index is 13.4. The summed E-state index contributed by atoms with van der Waals surface area (Å²) in [5, 5.41) is 14.7. The van der Waals surface area contributed by atoms with Crippen LogP contribution >= 0.6 is 0 Å². The van der Waals surface area contributed by atoms with Gasteiger partial charge in [0.15, 0.2) is 0 Å². The van der Waals surface area contributed by atoms with E-state index in [0.717, 1.165) is 42.0 Å². The van der Waals surface area contributed by atoms with E-state index in [-0.39, 0.29) is 17.1 Å². The number of carbonyl (C=O) groups is 1. The monoisotopic (exact) mass is 426 g/mol. The quantitative estimate of drug-likeness (QED) is 0.575. The van der Waals surface area contributed by atoms with Crippen LogP contribution in [0.5, 0.6) is 0 Å². The Morgan fingerprint density at radius 1 is 1.26 bits per heavy atom. The van der Waals surface area contributed by atoms with Crippen molar-refractivity contribution in [2.24, 2.45) is 7.05 Å². The highest BCUT2D eigenvalue weighted by Gasteiger charge is 2.20. The molecule has 0 radical (unpaired) electrons. The van der Waals surface area contributed by atoms with Crippen molar-refractivity contribution in [3.63, 3.8) is 0 Å². The van der Waals surface area contributed by atoms with Gasteiger partial charge in [-0.3, -0.25) is 19.5 Å². The van der Waals surface area contributed by atoms with E-state index in [1.54, 1.807) is 10.7 Å². The van der Waals surface area contributed by atoms with Crippen LogP contribution in [0.15, 0.2) is 36.4 Å². The molecule has 0 saturated heterocycles. The third kappa shape index (κ3) is 6.24. The number of anilines is 1. The largest absolute Gasteiger partial charge is 0.310 e. The molecule has 1 amide bonds. The minimum absolute atomic E-state index is 0.0686. The van der Waals surface area contributed by atoms with Gasteiger partial charge in [-0.1, -0.05) is 32.9 Å². The Balaban J connectivity index is 1.45. The third-order valence-electron chi connectivity index (χ3n) is 5.07. The minimum Gasteiger partial charge on any atom is -0.310 e. The molecule has 31 heavy (non-hydrogen) atoms. The number of aryl methyl sites for hydroxylation is 2. The number of nitrogens with one attached hydrogen (secondary N) is 2. The number of aromatic nitrogens is 4. The van der Waals surface area contributed by atoms with Crippen LogP contribution in [0.1, 0.15) is 38.6 Å². The Kier molecular flexibility index (Phi) is 6.90. The highest BCUT2D eigenvalue weighted by molar-refractivity contribution is 5.91. The molecule has 3 aromatic rings. The van der Waals surface area contributed by atoms with Crippen LogP contribution in [0.2, 0.25) is 0 Å². The van der Waals surface area contributed by atoms with Crippen LogP contribution in [0.4, 0.5) is 10.2 Å². The number of aromatic amines is 1. The molecule has 0 atom stereocenters. The lowest BCUT2D eigenvalue weighted by atomic mass is 9.92. The fourth-order valence-corrected chi connectivity index (χ4v) is 3.28. The molecule has 0 saturated carbocycles. The second kappa shape index (κ2) is 9.43. The van der Waals surface area contributed by atoms with Crippen LogP contribution in [-0.2, 0) is 23.7 Å². The number of halogens is 1. The van der Waals surface area contributed by atoms with E-state index in [1.807, 2.05) is 37.2 Å². The number of nitrogens with zero attached hydrogens (tertiary/aromatic N) is 4. The molecule has 0 spiro atoms. The molecule has 3 rings (SSSR count). The summed E-state index contributed by atoms with van der Waals surface area (Å²) in [7, 11) is 3.76. The van der Waals surface area contributed by atoms with Gasteiger partial charge in [0, 0.05) is 29.8 Å². The number of rotatable bonds is 8. The highest BCUT2D eigenvalue weighted by atomic mass is 19.1. The summed E-state index contributed by atoms with van der Waals surface area (Å²) in [6.45, 7) is 7.34. The van der Waals surface area contributed by atoms with E-state index in [4.69, 9.17) is 0 Å². The maximum atomic E-state index is 13.4. The van der Waals surface area contributed by atoms with Gasteiger partial charge in [0.25, 0.3) is 0 Å². The van der Waals surface area contributed by atoms with Crippen LogP contribution < -0.4 is 5.32 Å². The smallest absolute Gasteiger partial charge is 0.239 e. The Morgan fingerprint density at radius 3 is 2.71 bits per heavy atom. The SMILES string of the molecule is CN(CCCc1cc(-c2cccc(F)c2)n[nH]1)CC(=O)Nc1cc(C(C)(C)C)nn1C. The van der Waals surface area contributed by atoms with Crippen molar-refractivity contribution in [3.05, 3.63) is 53.6 Å². The van der Waals surface area contributed by atoms with E-state index < -0.39 is 0 Å². The summed E-state index contributed by atoms with van der Waals surface area (Å²) in [6.07, 6.45) is 1.67. The van der Waals surface area contributed by atoms with Crippen molar-refractivity contribution in [2.75, 3.05) is 25.5 Å². The Hall–Kier alpha value is -3.00. The van der Waals surface area contributed by atoms with Crippen LogP contribution in [0, 0.1) is 5.82 Å². The maximum Gasteiger partial charge on any atom is 0.239 e.